The fourth-order valence-electron chi connectivity index (χ4n) is 1.63. The zero-order chi connectivity index (χ0) is 13.7. The summed E-state index contributed by atoms with van der Waals surface area (Å²) >= 11 is 0. The number of methoxy groups -OCH3 is 1. The summed E-state index contributed by atoms with van der Waals surface area (Å²) in [5, 5.41) is 19.4. The van der Waals surface area contributed by atoms with Gasteiger partial charge in [-0.05, 0) is 23.8 Å². The van der Waals surface area contributed by atoms with Crippen LogP contribution in [-0.4, -0.2) is 17.3 Å². The van der Waals surface area contributed by atoms with Gasteiger partial charge in [0, 0.05) is 5.56 Å². The van der Waals surface area contributed by atoms with Crippen LogP contribution in [0.5, 0.6) is 11.5 Å². The predicted octanol–water partition coefficient (Wildman–Crippen LogP) is 2.49. The number of aliphatic hydroxyl groups is 1. The maximum absolute atomic E-state index is 9.91. The van der Waals surface area contributed by atoms with Crippen molar-refractivity contribution in [2.24, 2.45) is 0 Å². The summed E-state index contributed by atoms with van der Waals surface area (Å²) in [7, 11) is 1.48. The van der Waals surface area contributed by atoms with E-state index in [1.807, 2.05) is 30.3 Å². The molecule has 0 bridgehead atoms. The van der Waals surface area contributed by atoms with Gasteiger partial charge in [0.1, 0.15) is 6.10 Å². The molecule has 0 spiro atoms. The van der Waals surface area contributed by atoms with Gasteiger partial charge in [0.05, 0.1) is 7.11 Å². The molecular formula is C16H14O3. The van der Waals surface area contributed by atoms with Crippen molar-refractivity contribution in [3.05, 3.63) is 59.7 Å². The van der Waals surface area contributed by atoms with Crippen molar-refractivity contribution in [1.82, 2.24) is 0 Å². The average molecular weight is 254 g/mol. The van der Waals surface area contributed by atoms with E-state index in [9.17, 15) is 10.2 Å². The van der Waals surface area contributed by atoms with E-state index < -0.39 is 6.10 Å². The monoisotopic (exact) mass is 254 g/mol. The first-order valence-corrected chi connectivity index (χ1v) is 5.82. The van der Waals surface area contributed by atoms with Gasteiger partial charge < -0.3 is 14.9 Å². The summed E-state index contributed by atoms with van der Waals surface area (Å²) in [6, 6.07) is 14.0. The van der Waals surface area contributed by atoms with Gasteiger partial charge in [0.15, 0.2) is 11.5 Å². The lowest BCUT2D eigenvalue weighted by atomic mass is 10.1. The van der Waals surface area contributed by atoms with E-state index in [1.165, 1.54) is 13.2 Å². The molecule has 2 rings (SSSR count). The number of phenolic OH excluding ortho intramolecular Hbond substituents is 1. The predicted molar refractivity (Wildman–Crippen MR) is 72.9 cm³/mol. The van der Waals surface area contributed by atoms with Crippen LogP contribution < -0.4 is 4.74 Å². The van der Waals surface area contributed by atoms with Crippen molar-refractivity contribution in [3.63, 3.8) is 0 Å². The summed E-state index contributed by atoms with van der Waals surface area (Å²) in [6.07, 6.45) is -0.832. The zero-order valence-electron chi connectivity index (χ0n) is 10.5. The molecule has 96 valence electrons. The molecule has 3 heteroatoms. The Hall–Kier alpha value is -2.44. The van der Waals surface area contributed by atoms with Gasteiger partial charge in [-0.15, -0.1) is 0 Å². The number of rotatable bonds is 2. The lowest BCUT2D eigenvalue weighted by Crippen LogP contribution is -1.92. The summed E-state index contributed by atoms with van der Waals surface area (Å²) in [4.78, 5) is 0. The minimum absolute atomic E-state index is 0.0663. The van der Waals surface area contributed by atoms with E-state index in [-0.39, 0.29) is 5.75 Å². The molecule has 2 N–H and O–H groups in total. The van der Waals surface area contributed by atoms with Gasteiger partial charge in [-0.1, -0.05) is 42.2 Å². The van der Waals surface area contributed by atoms with Crippen molar-refractivity contribution in [2.45, 2.75) is 6.10 Å². The van der Waals surface area contributed by atoms with Crippen LogP contribution in [0.3, 0.4) is 0 Å². The van der Waals surface area contributed by atoms with Gasteiger partial charge in [0.2, 0.25) is 0 Å². The molecule has 0 saturated carbocycles. The normalized spacial score (nSPS) is 11.3. The van der Waals surface area contributed by atoms with Crippen molar-refractivity contribution < 1.29 is 14.9 Å². The van der Waals surface area contributed by atoms with Crippen LogP contribution in [0, 0.1) is 11.8 Å². The number of hydrogen-bond donors (Lipinski definition) is 2. The van der Waals surface area contributed by atoms with E-state index in [4.69, 9.17) is 4.74 Å². The summed E-state index contributed by atoms with van der Waals surface area (Å²) in [5.41, 5.74) is 1.42. The molecule has 19 heavy (non-hydrogen) atoms. The van der Waals surface area contributed by atoms with Crippen LogP contribution in [0.4, 0.5) is 0 Å². The minimum atomic E-state index is -0.832. The molecule has 0 heterocycles. The van der Waals surface area contributed by atoms with E-state index in [0.29, 0.717) is 11.3 Å². The maximum Gasteiger partial charge on any atom is 0.161 e. The number of aliphatic hydroxyl groups excluding tert-OH is 1. The molecular weight excluding hydrogens is 240 g/mol. The van der Waals surface area contributed by atoms with Gasteiger partial charge >= 0.3 is 0 Å². The van der Waals surface area contributed by atoms with Gasteiger partial charge in [-0.3, -0.25) is 0 Å². The third kappa shape index (κ3) is 3.27. The van der Waals surface area contributed by atoms with E-state index in [2.05, 4.69) is 11.8 Å². The lowest BCUT2D eigenvalue weighted by Gasteiger charge is -2.04. The van der Waals surface area contributed by atoms with E-state index >= 15 is 0 Å². The molecule has 1 atom stereocenters. The third-order valence-corrected chi connectivity index (χ3v) is 2.65. The van der Waals surface area contributed by atoms with Crippen LogP contribution >= 0.6 is 0 Å². The second-order valence-corrected chi connectivity index (χ2v) is 3.97. The largest absolute Gasteiger partial charge is 0.504 e. The fraction of sp³-hybridized carbons (Fsp3) is 0.125. The molecule has 2 aromatic rings. The van der Waals surface area contributed by atoms with Gasteiger partial charge in [-0.2, -0.15) is 0 Å². The Morgan fingerprint density at radius 3 is 2.53 bits per heavy atom. The summed E-state index contributed by atoms with van der Waals surface area (Å²) in [6.45, 7) is 0. The first-order chi connectivity index (χ1) is 9.20. The quantitative estimate of drug-likeness (QED) is 0.809. The number of ether oxygens (including phenoxy) is 1. The molecule has 2 aromatic carbocycles. The highest BCUT2D eigenvalue weighted by Gasteiger charge is 2.03. The number of hydrogen-bond acceptors (Lipinski definition) is 3. The number of benzene rings is 2. The van der Waals surface area contributed by atoms with Crippen LogP contribution in [0.15, 0.2) is 48.5 Å². The lowest BCUT2D eigenvalue weighted by molar-refractivity contribution is 0.238. The standard InChI is InChI=1S/C16H14O3/c1-19-16-11-12(8-10-15(16)18)7-9-14(17)13-5-3-2-4-6-13/h2-6,8,10-11,14,17-18H,1H3. The number of aromatic hydroxyl groups is 1. The minimum Gasteiger partial charge on any atom is -0.504 e. The Labute approximate surface area is 112 Å². The second kappa shape index (κ2) is 5.94. The summed E-state index contributed by atoms with van der Waals surface area (Å²) < 4.78 is 5.00. The Morgan fingerprint density at radius 1 is 1.11 bits per heavy atom. The van der Waals surface area contributed by atoms with Gasteiger partial charge in [-0.25, -0.2) is 0 Å². The molecule has 3 nitrogen and oxygen atoms in total. The molecule has 1 unspecified atom stereocenters. The SMILES string of the molecule is COc1cc(C#CC(O)c2ccccc2)ccc1O. The maximum atomic E-state index is 9.91. The summed E-state index contributed by atoms with van der Waals surface area (Å²) in [5.74, 6) is 6.04. The fourth-order valence-corrected chi connectivity index (χ4v) is 1.63. The van der Waals surface area contributed by atoms with Crippen molar-refractivity contribution >= 4 is 0 Å². The van der Waals surface area contributed by atoms with Crippen LogP contribution in [0.1, 0.15) is 17.2 Å². The molecule has 0 aliphatic rings. The van der Waals surface area contributed by atoms with Gasteiger partial charge in [0.25, 0.3) is 0 Å². The van der Waals surface area contributed by atoms with Crippen LogP contribution in [-0.2, 0) is 0 Å². The average Bonchev–Trinajstić information content (AvgIpc) is 2.47. The molecule has 0 radical (unpaired) electrons. The highest BCUT2D eigenvalue weighted by Crippen LogP contribution is 2.25. The topological polar surface area (TPSA) is 49.7 Å². The molecule has 0 aliphatic heterocycles. The van der Waals surface area contributed by atoms with Crippen LogP contribution in [0.2, 0.25) is 0 Å². The molecule has 0 aliphatic carbocycles. The van der Waals surface area contributed by atoms with Crippen molar-refractivity contribution in [3.8, 4) is 23.3 Å². The van der Waals surface area contributed by atoms with E-state index in [1.54, 1.807) is 12.1 Å². The van der Waals surface area contributed by atoms with Crippen molar-refractivity contribution in [2.75, 3.05) is 7.11 Å². The molecule has 0 saturated heterocycles. The second-order valence-electron chi connectivity index (χ2n) is 3.97. The Bertz CT molecular complexity index is 609. The third-order valence-electron chi connectivity index (χ3n) is 2.65. The zero-order valence-corrected chi connectivity index (χ0v) is 10.5. The Balaban J connectivity index is 2.20. The highest BCUT2D eigenvalue weighted by atomic mass is 16.5. The Morgan fingerprint density at radius 2 is 1.84 bits per heavy atom. The van der Waals surface area contributed by atoms with Crippen LogP contribution in [0.25, 0.3) is 0 Å². The molecule has 0 aromatic heterocycles. The van der Waals surface area contributed by atoms with E-state index in [0.717, 1.165) is 5.56 Å². The first kappa shape index (κ1) is 13.0. The highest BCUT2D eigenvalue weighted by molar-refractivity contribution is 5.48. The molecule has 0 fully saturated rings. The van der Waals surface area contributed by atoms with Crippen molar-refractivity contribution in [1.29, 1.82) is 0 Å². The number of phenols is 1. The first-order valence-electron chi connectivity index (χ1n) is 5.82. The smallest absolute Gasteiger partial charge is 0.161 e. The molecule has 0 amide bonds. The Kier molecular flexibility index (Phi) is 4.07.